The minimum atomic E-state index is -0.439. The molecule has 0 spiro atoms. The Morgan fingerprint density at radius 1 is 1.00 bits per heavy atom. The van der Waals surface area contributed by atoms with E-state index in [-0.39, 0.29) is 5.76 Å². The molecule has 0 saturated carbocycles. The summed E-state index contributed by atoms with van der Waals surface area (Å²) in [6, 6.07) is 24.0. The largest absolute Gasteiger partial charge is 0.503 e. The van der Waals surface area contributed by atoms with Gasteiger partial charge in [0.1, 0.15) is 5.75 Å². The zero-order valence-electron chi connectivity index (χ0n) is 15.9. The van der Waals surface area contributed by atoms with E-state index in [1.807, 2.05) is 72.8 Å². The standard InChI is InChI=1S/C24H20ClNO3/c1-29-20-12-10-16(11-13-20)15-26-22(18-8-5-9-19(25)14-18)21(23(27)24(26)28)17-6-3-2-4-7-17/h2-14,22,27H,15H2,1H3/t22-/m0/s1. The van der Waals surface area contributed by atoms with Crippen LogP contribution >= 0.6 is 11.6 Å². The van der Waals surface area contributed by atoms with E-state index in [1.54, 1.807) is 18.1 Å². The lowest BCUT2D eigenvalue weighted by molar-refractivity contribution is -0.130. The van der Waals surface area contributed by atoms with Crippen molar-refractivity contribution in [1.29, 1.82) is 0 Å². The molecule has 146 valence electrons. The van der Waals surface area contributed by atoms with Crippen molar-refractivity contribution in [2.75, 3.05) is 7.11 Å². The first kappa shape index (κ1) is 19.1. The number of nitrogens with zero attached hydrogens (tertiary/aromatic N) is 1. The van der Waals surface area contributed by atoms with Crippen molar-refractivity contribution in [2.45, 2.75) is 12.6 Å². The number of carbonyl (C=O) groups excluding carboxylic acids is 1. The number of rotatable bonds is 5. The third-order valence-corrected chi connectivity index (χ3v) is 5.30. The van der Waals surface area contributed by atoms with Gasteiger partial charge in [-0.3, -0.25) is 4.79 Å². The summed E-state index contributed by atoms with van der Waals surface area (Å²) in [5.74, 6) is 0.123. The molecule has 1 N–H and O–H groups in total. The SMILES string of the molecule is COc1ccc(CN2C(=O)C(O)=C(c3ccccc3)[C@@H]2c2cccc(Cl)c2)cc1. The molecule has 3 aromatic rings. The van der Waals surface area contributed by atoms with Crippen LogP contribution < -0.4 is 4.74 Å². The summed E-state index contributed by atoms with van der Waals surface area (Å²) in [5.41, 5.74) is 3.18. The topological polar surface area (TPSA) is 49.8 Å². The van der Waals surface area contributed by atoms with Crippen LogP contribution in [0.25, 0.3) is 5.57 Å². The van der Waals surface area contributed by atoms with Crippen molar-refractivity contribution in [3.05, 3.63) is 106 Å². The van der Waals surface area contributed by atoms with Crippen LogP contribution in [0, 0.1) is 0 Å². The zero-order valence-corrected chi connectivity index (χ0v) is 16.6. The number of aliphatic hydroxyl groups excluding tert-OH is 1. The van der Waals surface area contributed by atoms with Crippen LogP contribution in [0.15, 0.2) is 84.6 Å². The summed E-state index contributed by atoms with van der Waals surface area (Å²) >= 11 is 6.24. The van der Waals surface area contributed by atoms with E-state index < -0.39 is 11.9 Å². The van der Waals surface area contributed by atoms with Crippen LogP contribution in [0.5, 0.6) is 5.75 Å². The minimum Gasteiger partial charge on any atom is -0.503 e. The van der Waals surface area contributed by atoms with Crippen LogP contribution in [0.4, 0.5) is 0 Å². The first-order valence-corrected chi connectivity index (χ1v) is 9.64. The second-order valence-corrected chi connectivity index (χ2v) is 7.30. The Morgan fingerprint density at radius 2 is 1.72 bits per heavy atom. The van der Waals surface area contributed by atoms with Gasteiger partial charge in [-0.1, -0.05) is 66.2 Å². The van der Waals surface area contributed by atoms with Crippen molar-refractivity contribution in [3.8, 4) is 5.75 Å². The highest BCUT2D eigenvalue weighted by Gasteiger charge is 2.41. The molecule has 1 aliphatic heterocycles. The summed E-state index contributed by atoms with van der Waals surface area (Å²) in [7, 11) is 1.61. The Balaban J connectivity index is 1.78. The molecule has 0 saturated heterocycles. The Bertz CT molecular complexity index is 1060. The lowest BCUT2D eigenvalue weighted by Crippen LogP contribution is -2.29. The van der Waals surface area contributed by atoms with E-state index in [4.69, 9.17) is 16.3 Å². The zero-order chi connectivity index (χ0) is 20.4. The fraction of sp³-hybridized carbons (Fsp3) is 0.125. The van der Waals surface area contributed by atoms with Gasteiger partial charge in [0.2, 0.25) is 0 Å². The van der Waals surface area contributed by atoms with E-state index in [9.17, 15) is 9.90 Å². The fourth-order valence-electron chi connectivity index (χ4n) is 3.68. The number of hydrogen-bond acceptors (Lipinski definition) is 3. The molecule has 1 heterocycles. The molecule has 1 atom stereocenters. The molecular formula is C24H20ClNO3. The number of amides is 1. The number of halogens is 1. The monoisotopic (exact) mass is 405 g/mol. The van der Waals surface area contributed by atoms with Crippen molar-refractivity contribution in [1.82, 2.24) is 4.90 Å². The molecule has 5 heteroatoms. The summed E-state index contributed by atoms with van der Waals surface area (Å²) < 4.78 is 5.21. The average Bonchev–Trinajstić information content (AvgIpc) is 3.00. The van der Waals surface area contributed by atoms with Crippen LogP contribution in [-0.2, 0) is 11.3 Å². The molecule has 0 radical (unpaired) electrons. The Hall–Kier alpha value is -3.24. The van der Waals surface area contributed by atoms with Gasteiger partial charge in [0, 0.05) is 17.1 Å². The normalized spacial score (nSPS) is 16.4. The number of hydrogen-bond donors (Lipinski definition) is 1. The summed E-state index contributed by atoms with van der Waals surface area (Å²) in [6.45, 7) is 0.348. The van der Waals surface area contributed by atoms with Gasteiger partial charge in [0.25, 0.3) is 5.91 Å². The third-order valence-electron chi connectivity index (χ3n) is 5.06. The first-order chi connectivity index (χ1) is 14.1. The van der Waals surface area contributed by atoms with Crippen molar-refractivity contribution in [3.63, 3.8) is 0 Å². The van der Waals surface area contributed by atoms with Gasteiger partial charge < -0.3 is 14.7 Å². The van der Waals surface area contributed by atoms with Crippen LogP contribution in [0.2, 0.25) is 5.02 Å². The summed E-state index contributed by atoms with van der Waals surface area (Å²) in [5, 5.41) is 11.4. The van der Waals surface area contributed by atoms with Crippen molar-refractivity contribution < 1.29 is 14.6 Å². The van der Waals surface area contributed by atoms with Gasteiger partial charge in [-0.05, 0) is 41.0 Å². The predicted octanol–water partition coefficient (Wildman–Crippen LogP) is 5.40. The summed E-state index contributed by atoms with van der Waals surface area (Å²) in [4.78, 5) is 14.7. The molecule has 3 aromatic carbocycles. The molecule has 4 nitrogen and oxygen atoms in total. The number of methoxy groups -OCH3 is 1. The Kier molecular flexibility index (Phi) is 5.28. The third kappa shape index (κ3) is 3.71. The minimum absolute atomic E-state index is 0.227. The second-order valence-electron chi connectivity index (χ2n) is 6.87. The molecular weight excluding hydrogens is 386 g/mol. The van der Waals surface area contributed by atoms with Gasteiger partial charge in [-0.15, -0.1) is 0 Å². The maximum absolute atomic E-state index is 13.0. The second kappa shape index (κ2) is 8.02. The molecule has 1 aliphatic rings. The number of carbonyl (C=O) groups is 1. The maximum atomic E-state index is 13.0. The van der Waals surface area contributed by atoms with E-state index in [0.717, 1.165) is 22.4 Å². The predicted molar refractivity (Wildman–Crippen MR) is 114 cm³/mol. The molecule has 1 amide bonds. The molecule has 0 aromatic heterocycles. The molecule has 4 rings (SSSR count). The average molecular weight is 406 g/mol. The molecule has 0 aliphatic carbocycles. The first-order valence-electron chi connectivity index (χ1n) is 9.26. The van der Waals surface area contributed by atoms with Gasteiger partial charge >= 0.3 is 0 Å². The molecule has 0 fully saturated rings. The van der Waals surface area contributed by atoms with Crippen LogP contribution in [0.1, 0.15) is 22.7 Å². The molecule has 0 unspecified atom stereocenters. The fourth-order valence-corrected chi connectivity index (χ4v) is 3.88. The van der Waals surface area contributed by atoms with Gasteiger partial charge in [-0.25, -0.2) is 0 Å². The highest BCUT2D eigenvalue weighted by Crippen LogP contribution is 2.44. The van der Waals surface area contributed by atoms with E-state index in [0.29, 0.717) is 17.1 Å². The van der Waals surface area contributed by atoms with Crippen LogP contribution in [-0.4, -0.2) is 23.0 Å². The van der Waals surface area contributed by atoms with E-state index >= 15 is 0 Å². The van der Waals surface area contributed by atoms with E-state index in [1.165, 1.54) is 0 Å². The van der Waals surface area contributed by atoms with Gasteiger partial charge in [0.05, 0.1) is 13.2 Å². The Labute approximate surface area is 174 Å². The maximum Gasteiger partial charge on any atom is 0.290 e. The number of aliphatic hydroxyl groups is 1. The lowest BCUT2D eigenvalue weighted by Gasteiger charge is -2.27. The summed E-state index contributed by atoms with van der Waals surface area (Å²) in [6.07, 6.45) is 0. The van der Waals surface area contributed by atoms with E-state index in [2.05, 4.69) is 0 Å². The van der Waals surface area contributed by atoms with Gasteiger partial charge in [-0.2, -0.15) is 0 Å². The Morgan fingerprint density at radius 3 is 2.38 bits per heavy atom. The highest BCUT2D eigenvalue weighted by molar-refractivity contribution is 6.30. The smallest absolute Gasteiger partial charge is 0.290 e. The lowest BCUT2D eigenvalue weighted by atomic mass is 9.93. The molecule has 29 heavy (non-hydrogen) atoms. The van der Waals surface area contributed by atoms with Crippen molar-refractivity contribution >= 4 is 23.1 Å². The van der Waals surface area contributed by atoms with Gasteiger partial charge in [0.15, 0.2) is 5.76 Å². The number of ether oxygens (including phenoxy) is 1. The molecule has 0 bridgehead atoms. The number of benzene rings is 3. The quantitative estimate of drug-likeness (QED) is 0.618. The van der Waals surface area contributed by atoms with Crippen LogP contribution in [0.3, 0.4) is 0 Å². The van der Waals surface area contributed by atoms with Crippen molar-refractivity contribution in [2.24, 2.45) is 0 Å². The highest BCUT2D eigenvalue weighted by atomic mass is 35.5.